The number of halogens is 1. The Morgan fingerprint density at radius 1 is 1.43 bits per heavy atom. The van der Waals surface area contributed by atoms with Gasteiger partial charge in [-0.25, -0.2) is 9.97 Å². The van der Waals surface area contributed by atoms with Crippen LogP contribution in [0.15, 0.2) is 23.8 Å². The Bertz CT molecular complexity index is 843. The van der Waals surface area contributed by atoms with Gasteiger partial charge in [0.15, 0.2) is 0 Å². The highest BCUT2D eigenvalue weighted by Crippen LogP contribution is 2.31. The number of thiophene rings is 1. The van der Waals surface area contributed by atoms with Gasteiger partial charge in [0.2, 0.25) is 5.28 Å². The second-order valence-corrected chi connectivity index (χ2v) is 6.53. The fourth-order valence-electron chi connectivity index (χ4n) is 2.10. The molecule has 0 saturated carbocycles. The summed E-state index contributed by atoms with van der Waals surface area (Å²) in [5, 5.41) is 16.4. The molecule has 3 heterocycles. The number of hydrogen-bond acceptors (Lipinski definition) is 5. The predicted octanol–water partition coefficient (Wildman–Crippen LogP) is 3.86. The van der Waals surface area contributed by atoms with Gasteiger partial charge in [0.25, 0.3) is 0 Å². The highest BCUT2D eigenvalue weighted by Gasteiger charge is 2.22. The smallest absolute Gasteiger partial charge is 0.224 e. The number of aromatic nitrogens is 4. The molecule has 0 aromatic carbocycles. The molecule has 0 atom stereocenters. The maximum absolute atomic E-state index is 8.91. The van der Waals surface area contributed by atoms with Gasteiger partial charge in [-0.15, -0.1) is 11.3 Å². The SMILES string of the molecule is CC(C)(CC#N)n1cc(-c2nc(Cl)nc3sccc23)cn1. The van der Waals surface area contributed by atoms with Crippen LogP contribution in [0.3, 0.4) is 0 Å². The van der Waals surface area contributed by atoms with Crippen molar-refractivity contribution in [3.8, 4) is 17.3 Å². The van der Waals surface area contributed by atoms with Crippen LogP contribution >= 0.6 is 22.9 Å². The Kier molecular flexibility index (Phi) is 3.40. The molecule has 106 valence electrons. The van der Waals surface area contributed by atoms with Crippen molar-refractivity contribution >= 4 is 33.2 Å². The third-order valence-electron chi connectivity index (χ3n) is 3.29. The second kappa shape index (κ2) is 5.10. The minimum atomic E-state index is -0.364. The van der Waals surface area contributed by atoms with Crippen molar-refractivity contribution in [3.63, 3.8) is 0 Å². The zero-order valence-electron chi connectivity index (χ0n) is 11.5. The summed E-state index contributed by atoms with van der Waals surface area (Å²) in [6, 6.07) is 4.16. The van der Waals surface area contributed by atoms with Crippen LogP contribution in [0.4, 0.5) is 0 Å². The van der Waals surface area contributed by atoms with E-state index in [0.717, 1.165) is 21.5 Å². The van der Waals surface area contributed by atoms with E-state index in [-0.39, 0.29) is 10.8 Å². The molecule has 0 bridgehead atoms. The molecule has 0 unspecified atom stereocenters. The molecule has 0 N–H and O–H groups in total. The van der Waals surface area contributed by atoms with Crippen molar-refractivity contribution in [1.82, 2.24) is 19.7 Å². The van der Waals surface area contributed by atoms with Crippen molar-refractivity contribution in [1.29, 1.82) is 5.26 Å². The number of rotatable bonds is 3. The molecular weight excluding hydrogens is 306 g/mol. The lowest BCUT2D eigenvalue weighted by Crippen LogP contribution is -2.25. The molecule has 0 spiro atoms. The molecule has 5 nitrogen and oxygen atoms in total. The largest absolute Gasteiger partial charge is 0.265 e. The zero-order valence-corrected chi connectivity index (χ0v) is 13.1. The normalized spacial score (nSPS) is 11.7. The van der Waals surface area contributed by atoms with Crippen LogP contribution < -0.4 is 0 Å². The molecule has 0 saturated heterocycles. The first-order valence-electron chi connectivity index (χ1n) is 6.34. The highest BCUT2D eigenvalue weighted by atomic mass is 35.5. The van der Waals surface area contributed by atoms with Crippen LogP contribution in [-0.2, 0) is 5.54 Å². The molecule has 0 amide bonds. The Hall–Kier alpha value is -1.97. The molecule has 0 aliphatic heterocycles. The van der Waals surface area contributed by atoms with Crippen LogP contribution in [0.5, 0.6) is 0 Å². The van der Waals surface area contributed by atoms with E-state index in [4.69, 9.17) is 16.9 Å². The Labute approximate surface area is 130 Å². The van der Waals surface area contributed by atoms with Crippen molar-refractivity contribution in [3.05, 3.63) is 29.1 Å². The van der Waals surface area contributed by atoms with Crippen LogP contribution in [0.1, 0.15) is 20.3 Å². The predicted molar refractivity (Wildman–Crippen MR) is 83.2 cm³/mol. The van der Waals surface area contributed by atoms with Gasteiger partial charge in [-0.05, 0) is 36.9 Å². The summed E-state index contributed by atoms with van der Waals surface area (Å²) in [6.07, 6.45) is 4.02. The lowest BCUT2D eigenvalue weighted by molar-refractivity contribution is 0.326. The number of nitrogens with zero attached hydrogens (tertiary/aromatic N) is 5. The van der Waals surface area contributed by atoms with E-state index in [2.05, 4.69) is 21.1 Å². The summed E-state index contributed by atoms with van der Waals surface area (Å²) in [6.45, 7) is 3.94. The average Bonchev–Trinajstić information content (AvgIpc) is 3.06. The van der Waals surface area contributed by atoms with Crippen LogP contribution in [-0.4, -0.2) is 19.7 Å². The van der Waals surface area contributed by atoms with Gasteiger partial charge in [-0.2, -0.15) is 10.4 Å². The first-order chi connectivity index (χ1) is 10.0. The first-order valence-corrected chi connectivity index (χ1v) is 7.60. The third kappa shape index (κ3) is 2.50. The summed E-state index contributed by atoms with van der Waals surface area (Å²) >= 11 is 7.52. The molecule has 3 rings (SSSR count). The summed E-state index contributed by atoms with van der Waals surface area (Å²) in [7, 11) is 0. The lowest BCUT2D eigenvalue weighted by Gasteiger charge is -2.21. The maximum atomic E-state index is 8.91. The molecule has 7 heteroatoms. The van der Waals surface area contributed by atoms with Crippen LogP contribution in [0.2, 0.25) is 5.28 Å². The van der Waals surface area contributed by atoms with E-state index in [0.29, 0.717) is 6.42 Å². The molecular formula is C14H12ClN5S. The van der Waals surface area contributed by atoms with Gasteiger partial charge in [0.1, 0.15) is 4.83 Å². The average molecular weight is 318 g/mol. The van der Waals surface area contributed by atoms with Gasteiger partial charge in [0, 0.05) is 17.1 Å². The fraction of sp³-hybridized carbons (Fsp3) is 0.286. The minimum absolute atomic E-state index is 0.226. The lowest BCUT2D eigenvalue weighted by atomic mass is 10.0. The van der Waals surface area contributed by atoms with Gasteiger partial charge < -0.3 is 0 Å². The molecule has 0 radical (unpaired) electrons. The van der Waals surface area contributed by atoms with Crippen molar-refractivity contribution < 1.29 is 0 Å². The third-order valence-corrected chi connectivity index (χ3v) is 4.26. The Morgan fingerprint density at radius 2 is 2.24 bits per heavy atom. The van der Waals surface area contributed by atoms with Gasteiger partial charge >= 0.3 is 0 Å². The summed E-state index contributed by atoms with van der Waals surface area (Å²) < 4.78 is 1.79. The first kappa shape index (κ1) is 14.0. The summed E-state index contributed by atoms with van der Waals surface area (Å²) in [5.74, 6) is 0. The number of nitriles is 1. The van der Waals surface area contributed by atoms with E-state index in [9.17, 15) is 0 Å². The monoisotopic (exact) mass is 317 g/mol. The van der Waals surface area contributed by atoms with Gasteiger partial charge in [-0.3, -0.25) is 4.68 Å². The van der Waals surface area contributed by atoms with E-state index in [1.807, 2.05) is 31.5 Å². The topological polar surface area (TPSA) is 67.4 Å². The van der Waals surface area contributed by atoms with E-state index in [1.54, 1.807) is 10.9 Å². The Balaban J connectivity index is 2.11. The molecule has 0 fully saturated rings. The molecule has 21 heavy (non-hydrogen) atoms. The Morgan fingerprint density at radius 3 is 3.00 bits per heavy atom. The van der Waals surface area contributed by atoms with E-state index >= 15 is 0 Å². The quantitative estimate of drug-likeness (QED) is 0.688. The second-order valence-electron chi connectivity index (χ2n) is 5.30. The van der Waals surface area contributed by atoms with Crippen LogP contribution in [0, 0.1) is 11.3 Å². The van der Waals surface area contributed by atoms with Crippen molar-refractivity contribution in [2.45, 2.75) is 25.8 Å². The molecule has 3 aromatic heterocycles. The summed E-state index contributed by atoms with van der Waals surface area (Å²) in [5.41, 5.74) is 1.27. The van der Waals surface area contributed by atoms with Gasteiger partial charge in [-0.1, -0.05) is 0 Å². The van der Waals surface area contributed by atoms with E-state index in [1.165, 1.54) is 11.3 Å². The number of hydrogen-bond donors (Lipinski definition) is 0. The van der Waals surface area contributed by atoms with Crippen LogP contribution in [0.25, 0.3) is 21.5 Å². The van der Waals surface area contributed by atoms with Gasteiger partial charge in [0.05, 0.1) is 29.9 Å². The number of fused-ring (bicyclic) bond motifs is 1. The van der Waals surface area contributed by atoms with Crippen molar-refractivity contribution in [2.75, 3.05) is 0 Å². The summed E-state index contributed by atoms with van der Waals surface area (Å²) in [4.78, 5) is 9.39. The van der Waals surface area contributed by atoms with E-state index < -0.39 is 0 Å². The molecule has 0 aliphatic carbocycles. The molecule has 3 aromatic rings. The minimum Gasteiger partial charge on any atom is -0.265 e. The fourth-order valence-corrected chi connectivity index (χ4v) is 3.08. The maximum Gasteiger partial charge on any atom is 0.224 e. The molecule has 0 aliphatic rings. The van der Waals surface area contributed by atoms with Crippen molar-refractivity contribution in [2.24, 2.45) is 0 Å². The highest BCUT2D eigenvalue weighted by molar-refractivity contribution is 7.16. The zero-order chi connectivity index (χ0) is 15.0. The standard InChI is InChI=1S/C14H12ClN5S/c1-14(2,4-5-16)20-8-9(7-17-20)11-10-3-6-21-12(10)19-13(15)18-11/h3,6-8H,4H2,1-2H3.